The summed E-state index contributed by atoms with van der Waals surface area (Å²) in [6, 6.07) is 0. The van der Waals surface area contributed by atoms with Crippen molar-refractivity contribution in [2.75, 3.05) is 5.75 Å². The van der Waals surface area contributed by atoms with Crippen LogP contribution in [0.3, 0.4) is 0 Å². The first-order chi connectivity index (χ1) is 12.1. The van der Waals surface area contributed by atoms with E-state index in [1.807, 2.05) is 13.0 Å². The number of hydrogen-bond donors (Lipinski definition) is 0. The van der Waals surface area contributed by atoms with Gasteiger partial charge in [0.25, 0.3) is 0 Å². The minimum atomic E-state index is 0.457. The maximum Gasteiger partial charge on any atom is 0.126 e. The maximum atomic E-state index is 5.95. The molecule has 3 heterocycles. The average Bonchev–Trinajstić information content (AvgIpc) is 3.17. The van der Waals surface area contributed by atoms with Gasteiger partial charge in [0, 0.05) is 21.9 Å². The molecule has 0 fully saturated rings. The highest BCUT2D eigenvalue weighted by Gasteiger charge is 2.25. The molecule has 25 heavy (non-hydrogen) atoms. The molecule has 0 aliphatic heterocycles. The van der Waals surface area contributed by atoms with Crippen molar-refractivity contribution in [2.24, 2.45) is 0 Å². The smallest absolute Gasteiger partial charge is 0.126 e. The molecule has 0 unspecified atom stereocenters. The predicted octanol–water partition coefficient (Wildman–Crippen LogP) is 6.09. The molecule has 0 atom stereocenters. The fourth-order valence-corrected chi connectivity index (χ4v) is 5.88. The Morgan fingerprint density at radius 1 is 1.32 bits per heavy atom. The summed E-state index contributed by atoms with van der Waals surface area (Å²) in [7, 11) is 0. The van der Waals surface area contributed by atoms with Crippen molar-refractivity contribution in [1.82, 2.24) is 15.0 Å². The Bertz CT molecular complexity index is 987. The second kappa shape index (κ2) is 6.86. The molecular weight excluding hydrogens is 370 g/mol. The number of aromatic nitrogens is 3. The molecule has 0 N–H and O–H groups in total. The van der Waals surface area contributed by atoms with E-state index in [0.717, 1.165) is 43.7 Å². The molecule has 3 nitrogen and oxygen atoms in total. The van der Waals surface area contributed by atoms with Crippen molar-refractivity contribution in [3.8, 4) is 0 Å². The molecular formula is C19H20ClN3S2. The predicted molar refractivity (Wildman–Crippen MR) is 109 cm³/mol. The summed E-state index contributed by atoms with van der Waals surface area (Å²) < 4.78 is 1.16. The van der Waals surface area contributed by atoms with Gasteiger partial charge in [0.2, 0.25) is 0 Å². The molecule has 1 aliphatic carbocycles. The van der Waals surface area contributed by atoms with E-state index in [4.69, 9.17) is 16.6 Å². The third-order valence-electron chi connectivity index (χ3n) is 4.60. The molecule has 3 aromatic rings. The molecule has 1 aliphatic rings. The zero-order valence-electron chi connectivity index (χ0n) is 14.6. The van der Waals surface area contributed by atoms with Gasteiger partial charge >= 0.3 is 0 Å². The van der Waals surface area contributed by atoms with Crippen LogP contribution in [-0.4, -0.2) is 20.7 Å². The molecule has 0 spiro atoms. The number of aryl methyl sites for hydroxylation is 1. The van der Waals surface area contributed by atoms with Gasteiger partial charge in [-0.05, 0) is 43.2 Å². The average molecular weight is 390 g/mol. The van der Waals surface area contributed by atoms with Gasteiger partial charge < -0.3 is 0 Å². The quantitative estimate of drug-likeness (QED) is 0.400. The Morgan fingerprint density at radius 3 is 2.88 bits per heavy atom. The van der Waals surface area contributed by atoms with Crippen LogP contribution in [0.5, 0.6) is 0 Å². The molecule has 0 saturated carbocycles. The zero-order valence-corrected chi connectivity index (χ0v) is 17.0. The van der Waals surface area contributed by atoms with E-state index < -0.39 is 0 Å². The number of fused-ring (bicyclic) bond motifs is 5. The summed E-state index contributed by atoms with van der Waals surface area (Å²) >= 11 is 9.39. The highest BCUT2D eigenvalue weighted by Crippen LogP contribution is 2.42. The molecule has 6 heteroatoms. The van der Waals surface area contributed by atoms with Crippen molar-refractivity contribution in [1.29, 1.82) is 0 Å². The van der Waals surface area contributed by atoms with E-state index in [1.165, 1.54) is 28.6 Å². The topological polar surface area (TPSA) is 38.7 Å². The van der Waals surface area contributed by atoms with Crippen LogP contribution in [0, 0.1) is 0 Å². The van der Waals surface area contributed by atoms with Crippen LogP contribution in [0.2, 0.25) is 0 Å². The molecule has 0 bridgehead atoms. The Kier molecular flexibility index (Phi) is 4.73. The summed E-state index contributed by atoms with van der Waals surface area (Å²) in [5.74, 6) is 1.27. The summed E-state index contributed by atoms with van der Waals surface area (Å²) in [4.78, 5) is 15.3. The second-order valence-electron chi connectivity index (χ2n) is 6.70. The van der Waals surface area contributed by atoms with Gasteiger partial charge in [-0.3, -0.25) is 0 Å². The fraction of sp³-hybridized carbons (Fsp3) is 0.421. The van der Waals surface area contributed by atoms with Crippen LogP contribution in [-0.2, 0) is 12.8 Å². The van der Waals surface area contributed by atoms with Crippen LogP contribution in [0.15, 0.2) is 22.5 Å². The highest BCUT2D eigenvalue weighted by molar-refractivity contribution is 7.99. The van der Waals surface area contributed by atoms with Crippen LogP contribution in [0.25, 0.3) is 20.4 Å². The summed E-state index contributed by atoms with van der Waals surface area (Å²) in [6.45, 7) is 6.38. The standard InChI is InChI=1S/C19H20ClN3S2/c1-10(2)15-13-6-4-5-12(13)14-16-17(25-18(14)23-15)19(22-9-21-16)24-8-7-11(3)20/h7,9-10H,4-6,8H2,1-3H3. The molecule has 0 saturated heterocycles. The maximum absolute atomic E-state index is 5.95. The number of nitrogens with zero attached hydrogens (tertiary/aromatic N) is 3. The van der Waals surface area contributed by atoms with Gasteiger partial charge in [0.1, 0.15) is 16.2 Å². The van der Waals surface area contributed by atoms with Crippen LogP contribution in [0.4, 0.5) is 0 Å². The van der Waals surface area contributed by atoms with Gasteiger partial charge in [-0.25, -0.2) is 15.0 Å². The van der Waals surface area contributed by atoms with Crippen molar-refractivity contribution < 1.29 is 0 Å². The SMILES string of the molecule is CC(Cl)=CCSc1ncnc2c1sc1nc(C(C)C)c3c(c12)CCC3. The Hall–Kier alpha value is -1.17. The van der Waals surface area contributed by atoms with Crippen LogP contribution in [0.1, 0.15) is 49.9 Å². The third kappa shape index (κ3) is 3.07. The zero-order chi connectivity index (χ0) is 17.6. The van der Waals surface area contributed by atoms with E-state index in [9.17, 15) is 0 Å². The van der Waals surface area contributed by atoms with Gasteiger partial charge in [0.05, 0.1) is 10.2 Å². The minimum absolute atomic E-state index is 0.457. The summed E-state index contributed by atoms with van der Waals surface area (Å²) in [5, 5.41) is 3.11. The third-order valence-corrected chi connectivity index (χ3v) is 6.88. The number of allylic oxidation sites excluding steroid dienone is 1. The highest BCUT2D eigenvalue weighted by atomic mass is 35.5. The molecule has 130 valence electrons. The number of halogens is 1. The van der Waals surface area contributed by atoms with Gasteiger partial charge in [-0.1, -0.05) is 31.5 Å². The van der Waals surface area contributed by atoms with Crippen LogP contribution >= 0.6 is 34.7 Å². The van der Waals surface area contributed by atoms with Crippen molar-refractivity contribution in [3.05, 3.63) is 34.3 Å². The second-order valence-corrected chi connectivity index (χ2v) is 9.31. The lowest BCUT2D eigenvalue weighted by molar-refractivity contribution is 0.805. The van der Waals surface area contributed by atoms with Gasteiger partial charge in [-0.15, -0.1) is 23.1 Å². The first-order valence-electron chi connectivity index (χ1n) is 8.60. The summed E-state index contributed by atoms with van der Waals surface area (Å²) in [6.07, 6.45) is 7.21. The number of thioether (sulfide) groups is 1. The van der Waals surface area contributed by atoms with Crippen LogP contribution < -0.4 is 0 Å². The van der Waals surface area contributed by atoms with Crippen molar-refractivity contribution in [2.45, 2.75) is 51.0 Å². The fourth-order valence-electron chi connectivity index (χ4n) is 3.52. The molecule has 4 rings (SSSR count). The van der Waals surface area contributed by atoms with Gasteiger partial charge in [0.15, 0.2) is 0 Å². The number of hydrogen-bond acceptors (Lipinski definition) is 5. The van der Waals surface area contributed by atoms with Crippen molar-refractivity contribution in [3.63, 3.8) is 0 Å². The van der Waals surface area contributed by atoms with E-state index in [-0.39, 0.29) is 0 Å². The van der Waals surface area contributed by atoms with Crippen molar-refractivity contribution >= 4 is 55.1 Å². The van der Waals surface area contributed by atoms with E-state index in [2.05, 4.69) is 23.8 Å². The molecule has 0 radical (unpaired) electrons. The van der Waals surface area contributed by atoms with Gasteiger partial charge in [-0.2, -0.15) is 0 Å². The molecule has 3 aromatic heterocycles. The molecule has 0 amide bonds. The minimum Gasteiger partial charge on any atom is -0.241 e. The van der Waals surface area contributed by atoms with E-state index in [1.54, 1.807) is 29.4 Å². The van der Waals surface area contributed by atoms with E-state index in [0.29, 0.717) is 5.92 Å². The number of rotatable bonds is 4. The first-order valence-corrected chi connectivity index (χ1v) is 10.8. The first kappa shape index (κ1) is 17.3. The lowest BCUT2D eigenvalue weighted by atomic mass is 9.99. The summed E-state index contributed by atoms with van der Waals surface area (Å²) in [5.41, 5.74) is 5.29. The Balaban J connectivity index is 1.92. The lowest BCUT2D eigenvalue weighted by Gasteiger charge is -2.11. The lowest BCUT2D eigenvalue weighted by Crippen LogP contribution is -2.00. The molecule has 0 aromatic carbocycles. The number of pyridine rings is 1. The van der Waals surface area contributed by atoms with E-state index >= 15 is 0 Å². The normalized spacial score (nSPS) is 14.8. The monoisotopic (exact) mass is 389 g/mol. The Morgan fingerprint density at radius 2 is 2.12 bits per heavy atom. The Labute approximate surface area is 160 Å². The number of thiophene rings is 1. The largest absolute Gasteiger partial charge is 0.241 e.